The Balaban J connectivity index is 1.89. The van der Waals surface area contributed by atoms with Crippen molar-refractivity contribution in [3.63, 3.8) is 0 Å². The van der Waals surface area contributed by atoms with E-state index in [4.69, 9.17) is 15.6 Å². The molecule has 1 unspecified atom stereocenters. The molecular formula is C21H26F2N8O2. The van der Waals surface area contributed by atoms with Crippen molar-refractivity contribution in [3.05, 3.63) is 29.7 Å². The number of halogens is 2. The number of methoxy groups -OCH3 is 1. The minimum atomic E-state index is -3.21. The van der Waals surface area contributed by atoms with Crippen LogP contribution in [0.3, 0.4) is 0 Å². The summed E-state index contributed by atoms with van der Waals surface area (Å²) in [5.74, 6) is -3.18. The number of carbonyl (C=O) groups is 1. The molecule has 1 fully saturated rings. The Labute approximate surface area is 189 Å². The van der Waals surface area contributed by atoms with Gasteiger partial charge in [0.2, 0.25) is 11.8 Å². The van der Waals surface area contributed by atoms with E-state index in [0.29, 0.717) is 28.5 Å². The summed E-state index contributed by atoms with van der Waals surface area (Å²) in [7, 11) is 5.40. The molecule has 1 saturated heterocycles. The summed E-state index contributed by atoms with van der Waals surface area (Å²) in [6, 6.07) is 3.10. The van der Waals surface area contributed by atoms with Crippen LogP contribution >= 0.6 is 0 Å². The third kappa shape index (κ3) is 4.56. The van der Waals surface area contributed by atoms with Crippen LogP contribution in [0.1, 0.15) is 24.7 Å². The van der Waals surface area contributed by atoms with Gasteiger partial charge in [-0.15, -0.1) is 5.10 Å². The topological polar surface area (TPSA) is 115 Å². The zero-order valence-corrected chi connectivity index (χ0v) is 18.9. The predicted molar refractivity (Wildman–Crippen MR) is 118 cm³/mol. The van der Waals surface area contributed by atoms with Gasteiger partial charge in [-0.2, -0.15) is 18.4 Å². The fraction of sp³-hybridized carbons (Fsp3) is 0.476. The first kappa shape index (κ1) is 22.8. The fourth-order valence-electron chi connectivity index (χ4n) is 3.89. The molecule has 3 aromatic heterocycles. The lowest BCUT2D eigenvalue weighted by molar-refractivity contribution is -0.117. The maximum absolute atomic E-state index is 14.1. The molecule has 0 radical (unpaired) electrons. The highest BCUT2D eigenvalue weighted by Crippen LogP contribution is 2.32. The van der Waals surface area contributed by atoms with Crippen LogP contribution in [0.4, 0.5) is 14.6 Å². The van der Waals surface area contributed by atoms with E-state index in [9.17, 15) is 13.6 Å². The number of rotatable bonds is 7. The van der Waals surface area contributed by atoms with Crippen LogP contribution < -0.4 is 15.4 Å². The molecule has 1 aliphatic heterocycles. The standard InChI is InChI=1S/C21H26F2N8O2/c1-21(22,23)16-9-18(33-4)27-20(26-16)31-15-7-12(8-17(24)32)25-10-14(15)19(28-31)30-6-5-13(11-30)29(2)3/h7,9-10,13H,5-6,8,11H2,1-4H3,(H2,24,32). The molecule has 2 N–H and O–H groups in total. The van der Waals surface area contributed by atoms with Gasteiger partial charge < -0.3 is 20.3 Å². The maximum atomic E-state index is 14.1. The monoisotopic (exact) mass is 460 g/mol. The second kappa shape index (κ2) is 8.50. The Morgan fingerprint density at radius 1 is 1.33 bits per heavy atom. The van der Waals surface area contributed by atoms with Crippen molar-refractivity contribution in [1.29, 1.82) is 0 Å². The number of fused-ring (bicyclic) bond motifs is 1. The van der Waals surface area contributed by atoms with Crippen molar-refractivity contribution in [2.75, 3.05) is 39.2 Å². The summed E-state index contributed by atoms with van der Waals surface area (Å²) >= 11 is 0. The average Bonchev–Trinajstić information content (AvgIpc) is 3.37. The number of nitrogens with zero attached hydrogens (tertiary/aromatic N) is 7. The summed E-state index contributed by atoms with van der Waals surface area (Å²) in [6.07, 6.45) is 2.50. The quantitative estimate of drug-likeness (QED) is 0.564. The van der Waals surface area contributed by atoms with E-state index in [1.807, 2.05) is 14.1 Å². The van der Waals surface area contributed by atoms with Crippen molar-refractivity contribution in [3.8, 4) is 11.8 Å². The van der Waals surface area contributed by atoms with E-state index in [0.717, 1.165) is 32.5 Å². The van der Waals surface area contributed by atoms with Crippen LogP contribution in [0.5, 0.6) is 5.88 Å². The number of anilines is 1. The Hall–Kier alpha value is -3.41. The highest BCUT2D eigenvalue weighted by molar-refractivity contribution is 5.92. The molecule has 4 rings (SSSR count). The first-order chi connectivity index (χ1) is 15.6. The lowest BCUT2D eigenvalue weighted by Crippen LogP contribution is -2.31. The average molecular weight is 460 g/mol. The number of aromatic nitrogens is 5. The molecule has 0 saturated carbocycles. The Kier molecular flexibility index (Phi) is 5.87. The molecular weight excluding hydrogens is 434 g/mol. The lowest BCUT2D eigenvalue weighted by atomic mass is 10.2. The number of amides is 1. The van der Waals surface area contributed by atoms with Gasteiger partial charge in [-0.1, -0.05) is 0 Å². The molecule has 33 heavy (non-hydrogen) atoms. The molecule has 10 nitrogen and oxygen atoms in total. The molecule has 0 aromatic carbocycles. The van der Waals surface area contributed by atoms with Gasteiger partial charge in [-0.05, 0) is 26.6 Å². The summed E-state index contributed by atoms with van der Waals surface area (Å²) in [4.78, 5) is 28.4. The SMILES string of the molecule is COc1cc(C(C)(F)F)nc(-n2nc(N3CCC(N(C)C)C3)c3cnc(CC(N)=O)cc32)n1. The minimum Gasteiger partial charge on any atom is -0.481 e. The van der Waals surface area contributed by atoms with Gasteiger partial charge in [-0.3, -0.25) is 9.78 Å². The number of primary amides is 1. The minimum absolute atomic E-state index is 0.0121. The number of nitrogens with two attached hydrogens (primary N) is 1. The van der Waals surface area contributed by atoms with Crippen molar-refractivity contribution >= 4 is 22.6 Å². The molecule has 3 aromatic rings. The third-order valence-electron chi connectivity index (χ3n) is 5.69. The molecule has 12 heteroatoms. The number of hydrogen-bond donors (Lipinski definition) is 1. The van der Waals surface area contributed by atoms with E-state index in [1.54, 1.807) is 12.3 Å². The largest absolute Gasteiger partial charge is 0.481 e. The Morgan fingerprint density at radius 2 is 2.09 bits per heavy atom. The van der Waals surface area contributed by atoms with Crippen LogP contribution in [0.2, 0.25) is 0 Å². The van der Waals surface area contributed by atoms with E-state index in [-0.39, 0.29) is 18.2 Å². The Morgan fingerprint density at radius 3 is 2.70 bits per heavy atom. The van der Waals surface area contributed by atoms with Crippen molar-refractivity contribution in [2.24, 2.45) is 5.73 Å². The fourth-order valence-corrected chi connectivity index (χ4v) is 3.89. The Bertz CT molecular complexity index is 1190. The van der Waals surface area contributed by atoms with Gasteiger partial charge in [0.15, 0.2) is 5.82 Å². The maximum Gasteiger partial charge on any atom is 0.287 e. The van der Waals surface area contributed by atoms with Crippen molar-refractivity contribution in [2.45, 2.75) is 31.7 Å². The number of likely N-dealkylation sites (N-methyl/N-ethyl adjacent to an activating group) is 1. The third-order valence-corrected chi connectivity index (χ3v) is 5.69. The van der Waals surface area contributed by atoms with Gasteiger partial charge >= 0.3 is 0 Å². The second-order valence-corrected chi connectivity index (χ2v) is 8.41. The van der Waals surface area contributed by atoms with Crippen LogP contribution in [0, 0.1) is 0 Å². The van der Waals surface area contributed by atoms with Crippen LogP contribution in [-0.2, 0) is 17.1 Å². The summed E-state index contributed by atoms with van der Waals surface area (Å²) in [5.41, 5.74) is 5.80. The van der Waals surface area contributed by atoms with E-state index in [1.165, 1.54) is 11.8 Å². The van der Waals surface area contributed by atoms with E-state index < -0.39 is 17.5 Å². The number of pyridine rings is 1. The van der Waals surface area contributed by atoms with Gasteiger partial charge in [-0.25, -0.2) is 4.98 Å². The molecule has 1 amide bonds. The number of alkyl halides is 2. The molecule has 0 spiro atoms. The van der Waals surface area contributed by atoms with Crippen molar-refractivity contribution in [1.82, 2.24) is 29.6 Å². The zero-order chi connectivity index (χ0) is 23.9. The zero-order valence-electron chi connectivity index (χ0n) is 18.9. The molecule has 4 heterocycles. The van der Waals surface area contributed by atoms with Crippen molar-refractivity contribution < 1.29 is 18.3 Å². The lowest BCUT2D eigenvalue weighted by Gasteiger charge is -2.20. The van der Waals surface area contributed by atoms with E-state index in [2.05, 4.69) is 24.8 Å². The summed E-state index contributed by atoms with van der Waals surface area (Å²) in [6.45, 7) is 2.28. The molecule has 176 valence electrons. The molecule has 0 aliphatic carbocycles. The summed E-state index contributed by atoms with van der Waals surface area (Å²) < 4.78 is 34.7. The van der Waals surface area contributed by atoms with Crippen LogP contribution in [0.25, 0.3) is 16.9 Å². The van der Waals surface area contributed by atoms with Gasteiger partial charge in [0.25, 0.3) is 11.9 Å². The highest BCUT2D eigenvalue weighted by atomic mass is 19.3. The summed E-state index contributed by atoms with van der Waals surface area (Å²) in [5, 5.41) is 5.39. The molecule has 1 aliphatic rings. The van der Waals surface area contributed by atoms with Gasteiger partial charge in [0, 0.05) is 38.3 Å². The first-order valence-corrected chi connectivity index (χ1v) is 10.5. The first-order valence-electron chi connectivity index (χ1n) is 10.5. The van der Waals surface area contributed by atoms with E-state index >= 15 is 0 Å². The van der Waals surface area contributed by atoms with Crippen LogP contribution in [-0.4, -0.2) is 75.9 Å². The predicted octanol–water partition coefficient (Wildman–Crippen LogP) is 1.50. The molecule has 1 atom stereocenters. The van der Waals surface area contributed by atoms with Gasteiger partial charge in [0.05, 0.1) is 30.1 Å². The van der Waals surface area contributed by atoms with Gasteiger partial charge in [0.1, 0.15) is 5.69 Å². The number of carbonyl (C=O) groups excluding carboxylic acids is 1. The second-order valence-electron chi connectivity index (χ2n) is 8.41. The highest BCUT2D eigenvalue weighted by Gasteiger charge is 2.31. The number of ether oxygens (including phenoxy) is 1. The number of hydrogen-bond acceptors (Lipinski definition) is 8. The molecule has 0 bridgehead atoms. The normalized spacial score (nSPS) is 16.7. The smallest absolute Gasteiger partial charge is 0.287 e. The van der Waals surface area contributed by atoms with Crippen LogP contribution in [0.15, 0.2) is 18.3 Å².